The molecule has 0 radical (unpaired) electrons. The zero-order chi connectivity index (χ0) is 14.4. The average molecular weight is 287 g/mol. The van der Waals surface area contributed by atoms with Crippen LogP contribution in [0.4, 0.5) is 10.1 Å². The molecule has 104 valence electrons. The van der Waals surface area contributed by atoms with E-state index in [2.05, 4.69) is 10.6 Å². The predicted octanol–water partition coefficient (Wildman–Crippen LogP) is 2.21. The number of carbonyl (C=O) groups excluding carboxylic acids is 2. The number of alkyl halides is 1. The van der Waals surface area contributed by atoms with Crippen LogP contribution >= 0.6 is 11.6 Å². The van der Waals surface area contributed by atoms with E-state index >= 15 is 0 Å². The standard InChI is InChI=1S/C13H16ClFN2O2/c1-8-7-10(3-4-11(8)15)17-12(18)5-6-16-13(19)9(2)14/h3-4,7,9H,5-6H2,1-2H3,(H,16,19)(H,17,18). The van der Waals surface area contributed by atoms with Crippen molar-refractivity contribution in [2.75, 3.05) is 11.9 Å². The maximum atomic E-state index is 13.0. The topological polar surface area (TPSA) is 58.2 Å². The molecule has 0 saturated carbocycles. The van der Waals surface area contributed by atoms with Crippen molar-refractivity contribution in [2.45, 2.75) is 25.6 Å². The van der Waals surface area contributed by atoms with Crippen LogP contribution in [-0.2, 0) is 9.59 Å². The largest absolute Gasteiger partial charge is 0.354 e. The minimum atomic E-state index is -0.622. The van der Waals surface area contributed by atoms with Gasteiger partial charge in [0.05, 0.1) is 0 Å². The molecular weight excluding hydrogens is 271 g/mol. The van der Waals surface area contributed by atoms with Crippen LogP contribution < -0.4 is 10.6 Å². The molecule has 6 heteroatoms. The number of nitrogens with one attached hydrogen (secondary N) is 2. The van der Waals surface area contributed by atoms with Gasteiger partial charge >= 0.3 is 0 Å². The lowest BCUT2D eigenvalue weighted by atomic mass is 10.2. The molecule has 0 aliphatic rings. The number of aryl methyl sites for hydroxylation is 1. The highest BCUT2D eigenvalue weighted by atomic mass is 35.5. The quantitative estimate of drug-likeness (QED) is 0.815. The molecule has 0 saturated heterocycles. The number of hydrogen-bond acceptors (Lipinski definition) is 2. The van der Waals surface area contributed by atoms with Gasteiger partial charge in [-0.15, -0.1) is 11.6 Å². The van der Waals surface area contributed by atoms with Crippen LogP contribution in [0.15, 0.2) is 18.2 Å². The van der Waals surface area contributed by atoms with Crippen LogP contribution in [0, 0.1) is 12.7 Å². The molecule has 2 amide bonds. The summed E-state index contributed by atoms with van der Waals surface area (Å²) < 4.78 is 13.0. The minimum Gasteiger partial charge on any atom is -0.354 e. The normalized spacial score (nSPS) is 11.8. The van der Waals surface area contributed by atoms with E-state index < -0.39 is 5.38 Å². The van der Waals surface area contributed by atoms with E-state index in [1.807, 2.05) is 0 Å². The Balaban J connectivity index is 2.39. The maximum absolute atomic E-state index is 13.0. The number of benzene rings is 1. The van der Waals surface area contributed by atoms with Crippen molar-refractivity contribution in [2.24, 2.45) is 0 Å². The monoisotopic (exact) mass is 286 g/mol. The Morgan fingerprint density at radius 2 is 2.11 bits per heavy atom. The molecule has 1 rings (SSSR count). The lowest BCUT2D eigenvalue weighted by Crippen LogP contribution is -2.32. The van der Waals surface area contributed by atoms with E-state index in [1.54, 1.807) is 19.9 Å². The van der Waals surface area contributed by atoms with Crippen molar-refractivity contribution >= 4 is 29.1 Å². The van der Waals surface area contributed by atoms with Gasteiger partial charge in [0.2, 0.25) is 11.8 Å². The highest BCUT2D eigenvalue weighted by Crippen LogP contribution is 2.13. The van der Waals surface area contributed by atoms with Gasteiger partial charge in [-0.2, -0.15) is 0 Å². The Morgan fingerprint density at radius 1 is 1.42 bits per heavy atom. The third-order valence-electron chi connectivity index (χ3n) is 2.45. The van der Waals surface area contributed by atoms with Crippen LogP contribution in [0.2, 0.25) is 0 Å². The second-order valence-electron chi connectivity index (χ2n) is 4.17. The van der Waals surface area contributed by atoms with Gasteiger partial charge in [-0.25, -0.2) is 4.39 Å². The van der Waals surface area contributed by atoms with Crippen LogP contribution in [0.25, 0.3) is 0 Å². The highest BCUT2D eigenvalue weighted by molar-refractivity contribution is 6.30. The third kappa shape index (κ3) is 5.26. The van der Waals surface area contributed by atoms with Crippen LogP contribution in [0.3, 0.4) is 0 Å². The molecular formula is C13H16ClFN2O2. The van der Waals surface area contributed by atoms with Crippen LogP contribution in [0.5, 0.6) is 0 Å². The fourth-order valence-corrected chi connectivity index (χ4v) is 1.46. The molecule has 0 spiro atoms. The number of anilines is 1. The van der Waals surface area contributed by atoms with Crippen molar-refractivity contribution in [3.8, 4) is 0 Å². The van der Waals surface area contributed by atoms with Gasteiger partial charge in [0.15, 0.2) is 0 Å². The molecule has 0 heterocycles. The summed E-state index contributed by atoms with van der Waals surface area (Å²) in [6.07, 6.45) is 0.131. The summed E-state index contributed by atoms with van der Waals surface area (Å²) in [6.45, 7) is 3.38. The zero-order valence-corrected chi connectivity index (χ0v) is 11.6. The second-order valence-corrected chi connectivity index (χ2v) is 4.82. The smallest absolute Gasteiger partial charge is 0.237 e. The Labute approximate surface area is 116 Å². The molecule has 0 bridgehead atoms. The van der Waals surface area contributed by atoms with E-state index in [0.717, 1.165) is 0 Å². The summed E-state index contributed by atoms with van der Waals surface area (Å²) >= 11 is 5.56. The summed E-state index contributed by atoms with van der Waals surface area (Å²) in [5.74, 6) is -0.887. The summed E-state index contributed by atoms with van der Waals surface area (Å²) in [7, 11) is 0. The first-order valence-corrected chi connectivity index (χ1v) is 6.31. The van der Waals surface area contributed by atoms with Gasteiger partial charge in [-0.05, 0) is 37.6 Å². The molecule has 2 N–H and O–H groups in total. The van der Waals surface area contributed by atoms with Crippen molar-refractivity contribution in [1.29, 1.82) is 0 Å². The van der Waals surface area contributed by atoms with Crippen molar-refractivity contribution < 1.29 is 14.0 Å². The lowest BCUT2D eigenvalue weighted by Gasteiger charge is -2.08. The first-order chi connectivity index (χ1) is 8.90. The Morgan fingerprint density at radius 3 is 2.68 bits per heavy atom. The number of halogens is 2. The predicted molar refractivity (Wildman–Crippen MR) is 72.7 cm³/mol. The Bertz CT molecular complexity index is 478. The lowest BCUT2D eigenvalue weighted by molar-refractivity contribution is -0.120. The molecule has 1 unspecified atom stereocenters. The fraction of sp³-hybridized carbons (Fsp3) is 0.385. The van der Waals surface area contributed by atoms with E-state index in [1.165, 1.54) is 12.1 Å². The Kier molecular flexibility index (Phi) is 5.76. The second kappa shape index (κ2) is 7.09. The highest BCUT2D eigenvalue weighted by Gasteiger charge is 2.09. The van der Waals surface area contributed by atoms with E-state index in [0.29, 0.717) is 11.3 Å². The molecule has 0 fully saturated rings. The van der Waals surface area contributed by atoms with E-state index in [4.69, 9.17) is 11.6 Å². The average Bonchev–Trinajstić information content (AvgIpc) is 2.33. The van der Waals surface area contributed by atoms with Gasteiger partial charge in [0.25, 0.3) is 0 Å². The number of rotatable bonds is 5. The molecule has 0 aromatic heterocycles. The number of hydrogen-bond donors (Lipinski definition) is 2. The fourth-order valence-electron chi connectivity index (χ4n) is 1.39. The maximum Gasteiger partial charge on any atom is 0.237 e. The molecule has 0 aliphatic carbocycles. The number of amides is 2. The van der Waals surface area contributed by atoms with Crippen molar-refractivity contribution in [1.82, 2.24) is 5.32 Å². The summed E-state index contributed by atoms with van der Waals surface area (Å²) in [5, 5.41) is 4.53. The van der Waals surface area contributed by atoms with E-state index in [-0.39, 0.29) is 30.6 Å². The molecule has 1 aromatic rings. The van der Waals surface area contributed by atoms with E-state index in [9.17, 15) is 14.0 Å². The zero-order valence-electron chi connectivity index (χ0n) is 10.8. The van der Waals surface area contributed by atoms with Gasteiger partial charge < -0.3 is 10.6 Å². The summed E-state index contributed by atoms with van der Waals surface area (Å²) in [5.41, 5.74) is 0.989. The van der Waals surface area contributed by atoms with Gasteiger partial charge in [-0.3, -0.25) is 9.59 Å². The molecule has 19 heavy (non-hydrogen) atoms. The summed E-state index contributed by atoms with van der Waals surface area (Å²) in [4.78, 5) is 22.7. The van der Waals surface area contributed by atoms with Gasteiger partial charge in [0.1, 0.15) is 11.2 Å². The minimum absolute atomic E-state index is 0.131. The molecule has 1 aromatic carbocycles. The van der Waals surface area contributed by atoms with Gasteiger partial charge in [0, 0.05) is 18.7 Å². The SMILES string of the molecule is Cc1cc(NC(=O)CCNC(=O)C(C)Cl)ccc1F. The first kappa shape index (κ1) is 15.4. The summed E-state index contributed by atoms with van der Waals surface area (Å²) in [6, 6.07) is 4.33. The van der Waals surface area contributed by atoms with Gasteiger partial charge in [-0.1, -0.05) is 0 Å². The molecule has 4 nitrogen and oxygen atoms in total. The van der Waals surface area contributed by atoms with Crippen LogP contribution in [0.1, 0.15) is 18.9 Å². The van der Waals surface area contributed by atoms with Crippen molar-refractivity contribution in [3.05, 3.63) is 29.6 Å². The molecule has 0 aliphatic heterocycles. The third-order valence-corrected chi connectivity index (χ3v) is 2.65. The first-order valence-electron chi connectivity index (χ1n) is 5.88. The van der Waals surface area contributed by atoms with Crippen LogP contribution in [-0.4, -0.2) is 23.7 Å². The molecule has 1 atom stereocenters. The number of carbonyl (C=O) groups is 2. The Hall–Kier alpha value is -1.62. The van der Waals surface area contributed by atoms with Crippen molar-refractivity contribution in [3.63, 3.8) is 0 Å².